The third-order valence-corrected chi connectivity index (χ3v) is 3.83. The van der Waals surface area contributed by atoms with E-state index in [1.807, 2.05) is 17.0 Å². The van der Waals surface area contributed by atoms with E-state index in [0.29, 0.717) is 12.1 Å². The second-order valence-corrected chi connectivity index (χ2v) is 5.74. The molecule has 6 nitrogen and oxygen atoms in total. The molecular weight excluding hydrogens is 294 g/mol. The third kappa shape index (κ3) is 5.39. The Hall–Kier alpha value is -2.37. The van der Waals surface area contributed by atoms with E-state index in [1.54, 1.807) is 12.1 Å². The summed E-state index contributed by atoms with van der Waals surface area (Å²) in [6, 6.07) is 7.28. The first-order valence-electron chi connectivity index (χ1n) is 7.95. The van der Waals surface area contributed by atoms with Gasteiger partial charge in [0.15, 0.2) is 0 Å². The first kappa shape index (κ1) is 17.0. The minimum absolute atomic E-state index is 0.0269. The molecule has 0 saturated carbocycles. The number of hydrogen-bond acceptors (Lipinski definition) is 3. The van der Waals surface area contributed by atoms with E-state index >= 15 is 0 Å². The average molecular weight is 317 g/mol. The molecule has 0 radical (unpaired) electrons. The number of benzene rings is 1. The van der Waals surface area contributed by atoms with Crippen LogP contribution in [0.4, 0.5) is 0 Å². The van der Waals surface area contributed by atoms with Crippen LogP contribution < -0.4 is 10.6 Å². The second kappa shape index (κ2) is 8.31. The van der Waals surface area contributed by atoms with Crippen LogP contribution in [0.15, 0.2) is 24.3 Å². The lowest BCUT2D eigenvalue weighted by Crippen LogP contribution is -2.36. The molecule has 124 valence electrons. The highest BCUT2D eigenvalue weighted by molar-refractivity contribution is 5.94. The van der Waals surface area contributed by atoms with Crippen LogP contribution in [0, 0.1) is 0 Å². The van der Waals surface area contributed by atoms with Crippen LogP contribution in [0.1, 0.15) is 42.1 Å². The first-order chi connectivity index (χ1) is 11.1. The third-order valence-electron chi connectivity index (χ3n) is 3.83. The van der Waals surface area contributed by atoms with Gasteiger partial charge in [-0.1, -0.05) is 12.1 Å². The van der Waals surface area contributed by atoms with E-state index < -0.39 is 0 Å². The smallest absolute Gasteiger partial charge is 0.253 e. The number of rotatable bonds is 5. The van der Waals surface area contributed by atoms with Crippen LogP contribution in [0.2, 0.25) is 0 Å². The Morgan fingerprint density at radius 1 is 1.00 bits per heavy atom. The lowest BCUT2D eigenvalue weighted by Gasteiger charge is -2.26. The van der Waals surface area contributed by atoms with Crippen LogP contribution in [0.3, 0.4) is 0 Å². The summed E-state index contributed by atoms with van der Waals surface area (Å²) in [5, 5.41) is 5.16. The van der Waals surface area contributed by atoms with Crippen molar-refractivity contribution in [2.45, 2.75) is 32.7 Å². The molecule has 0 bridgehead atoms. The molecule has 1 saturated heterocycles. The Morgan fingerprint density at radius 2 is 1.65 bits per heavy atom. The molecule has 23 heavy (non-hydrogen) atoms. The van der Waals surface area contributed by atoms with Crippen molar-refractivity contribution in [1.82, 2.24) is 15.5 Å². The number of likely N-dealkylation sites (tertiary alicyclic amines) is 1. The molecule has 3 amide bonds. The van der Waals surface area contributed by atoms with Crippen LogP contribution in [0.25, 0.3) is 0 Å². The molecule has 0 atom stereocenters. The van der Waals surface area contributed by atoms with Crippen LogP contribution >= 0.6 is 0 Å². The SMILES string of the molecule is CC(=O)NCC(=O)NCc1ccc(C(=O)N2CCCCC2)cc1. The number of nitrogens with one attached hydrogen (secondary N) is 2. The molecule has 1 aromatic carbocycles. The molecule has 1 heterocycles. The van der Waals surface area contributed by atoms with E-state index in [1.165, 1.54) is 13.3 Å². The summed E-state index contributed by atoms with van der Waals surface area (Å²) in [4.78, 5) is 36.5. The lowest BCUT2D eigenvalue weighted by molar-refractivity contribution is -0.125. The fourth-order valence-corrected chi connectivity index (χ4v) is 2.51. The van der Waals surface area contributed by atoms with Gasteiger partial charge in [-0.25, -0.2) is 0 Å². The zero-order valence-corrected chi connectivity index (χ0v) is 13.4. The highest BCUT2D eigenvalue weighted by Crippen LogP contribution is 2.13. The van der Waals surface area contributed by atoms with Crippen molar-refractivity contribution < 1.29 is 14.4 Å². The summed E-state index contributed by atoms with van der Waals surface area (Å²) in [6.07, 6.45) is 3.34. The first-order valence-corrected chi connectivity index (χ1v) is 7.95. The lowest BCUT2D eigenvalue weighted by atomic mass is 10.1. The van der Waals surface area contributed by atoms with Gasteiger partial charge in [0.05, 0.1) is 6.54 Å². The van der Waals surface area contributed by atoms with Crippen molar-refractivity contribution in [2.24, 2.45) is 0 Å². The molecule has 2 rings (SSSR count). The number of piperidine rings is 1. The minimum atomic E-state index is -0.242. The molecule has 2 N–H and O–H groups in total. The summed E-state index contributed by atoms with van der Waals surface area (Å²) in [6.45, 7) is 3.38. The fraction of sp³-hybridized carbons (Fsp3) is 0.471. The zero-order valence-electron chi connectivity index (χ0n) is 13.4. The Balaban J connectivity index is 1.83. The average Bonchev–Trinajstić information content (AvgIpc) is 2.58. The van der Waals surface area contributed by atoms with Gasteiger partial charge in [0.25, 0.3) is 5.91 Å². The van der Waals surface area contributed by atoms with Gasteiger partial charge in [-0.3, -0.25) is 14.4 Å². The van der Waals surface area contributed by atoms with E-state index in [9.17, 15) is 14.4 Å². The maximum Gasteiger partial charge on any atom is 0.253 e. The van der Waals surface area contributed by atoms with Gasteiger partial charge in [0.1, 0.15) is 0 Å². The molecule has 6 heteroatoms. The minimum Gasteiger partial charge on any atom is -0.350 e. The second-order valence-electron chi connectivity index (χ2n) is 5.74. The number of amides is 3. The van der Waals surface area contributed by atoms with Gasteiger partial charge >= 0.3 is 0 Å². The maximum atomic E-state index is 12.3. The summed E-state index contributed by atoms with van der Waals surface area (Å²) < 4.78 is 0. The van der Waals surface area contributed by atoms with Crippen LogP contribution in [-0.4, -0.2) is 42.3 Å². The van der Waals surface area contributed by atoms with Gasteiger partial charge in [-0.2, -0.15) is 0 Å². The van der Waals surface area contributed by atoms with E-state index in [4.69, 9.17) is 0 Å². The molecule has 1 fully saturated rings. The standard InChI is InChI=1S/C17H23N3O3/c1-13(21)18-12-16(22)19-11-14-5-7-15(8-6-14)17(23)20-9-3-2-4-10-20/h5-8H,2-4,9-12H2,1H3,(H,18,21)(H,19,22). The van der Waals surface area contributed by atoms with Crippen LogP contribution in [0.5, 0.6) is 0 Å². The zero-order chi connectivity index (χ0) is 16.7. The Morgan fingerprint density at radius 3 is 2.26 bits per heavy atom. The summed E-state index contributed by atoms with van der Waals surface area (Å²) >= 11 is 0. The van der Waals surface area contributed by atoms with Crippen LogP contribution in [-0.2, 0) is 16.1 Å². The van der Waals surface area contributed by atoms with Crippen molar-refractivity contribution in [2.75, 3.05) is 19.6 Å². The van der Waals surface area contributed by atoms with Gasteiger partial charge in [0.2, 0.25) is 11.8 Å². The van der Waals surface area contributed by atoms with Gasteiger partial charge in [-0.05, 0) is 37.0 Å². The number of carbonyl (C=O) groups excluding carboxylic acids is 3. The number of hydrogen-bond donors (Lipinski definition) is 2. The van der Waals surface area contributed by atoms with Crippen molar-refractivity contribution in [1.29, 1.82) is 0 Å². The van der Waals surface area contributed by atoms with Crippen molar-refractivity contribution in [3.63, 3.8) is 0 Å². The highest BCUT2D eigenvalue weighted by atomic mass is 16.2. The van der Waals surface area contributed by atoms with Crippen molar-refractivity contribution in [3.8, 4) is 0 Å². The molecule has 0 aliphatic carbocycles. The monoisotopic (exact) mass is 317 g/mol. The van der Waals surface area contributed by atoms with Gasteiger partial charge in [0, 0.05) is 32.1 Å². The predicted octanol–water partition coefficient (Wildman–Crippen LogP) is 1.06. The maximum absolute atomic E-state index is 12.3. The quantitative estimate of drug-likeness (QED) is 0.852. The molecule has 0 spiro atoms. The predicted molar refractivity (Wildman–Crippen MR) is 86.7 cm³/mol. The Bertz CT molecular complexity index is 563. The van der Waals surface area contributed by atoms with Gasteiger partial charge < -0.3 is 15.5 Å². The topological polar surface area (TPSA) is 78.5 Å². The molecule has 1 aliphatic heterocycles. The summed E-state index contributed by atoms with van der Waals surface area (Å²) in [5.41, 5.74) is 1.59. The molecular formula is C17H23N3O3. The molecule has 0 unspecified atom stereocenters. The molecule has 1 aromatic rings. The Labute approximate surface area is 136 Å². The molecule has 1 aliphatic rings. The summed E-state index contributed by atoms with van der Waals surface area (Å²) in [5.74, 6) is -0.402. The number of nitrogens with zero attached hydrogens (tertiary/aromatic N) is 1. The van der Waals surface area contributed by atoms with Crippen molar-refractivity contribution in [3.05, 3.63) is 35.4 Å². The van der Waals surface area contributed by atoms with E-state index in [-0.39, 0.29) is 24.3 Å². The molecule has 0 aromatic heterocycles. The Kier molecular flexibility index (Phi) is 6.14. The van der Waals surface area contributed by atoms with Crippen molar-refractivity contribution >= 4 is 17.7 Å². The number of carbonyl (C=O) groups is 3. The summed E-state index contributed by atoms with van der Waals surface area (Å²) in [7, 11) is 0. The largest absolute Gasteiger partial charge is 0.350 e. The van der Waals surface area contributed by atoms with E-state index in [2.05, 4.69) is 10.6 Å². The highest BCUT2D eigenvalue weighted by Gasteiger charge is 2.17. The fourth-order valence-electron chi connectivity index (χ4n) is 2.51. The normalized spacial score (nSPS) is 14.2. The van der Waals surface area contributed by atoms with E-state index in [0.717, 1.165) is 31.5 Å². The van der Waals surface area contributed by atoms with Gasteiger partial charge in [-0.15, -0.1) is 0 Å².